The number of carbonyl (C=O) groups is 1. The highest BCUT2D eigenvalue weighted by Crippen LogP contribution is 2.18. The van der Waals surface area contributed by atoms with Crippen LogP contribution in [0.3, 0.4) is 0 Å². The highest BCUT2D eigenvalue weighted by Gasteiger charge is 2.12. The van der Waals surface area contributed by atoms with Crippen LogP contribution < -0.4 is 15.8 Å². The molecule has 1 rings (SSSR count). The van der Waals surface area contributed by atoms with E-state index in [-0.39, 0.29) is 30.8 Å². The number of amides is 1. The Bertz CT molecular complexity index is 437. The zero-order valence-electron chi connectivity index (χ0n) is 13.5. The number of hydrogen-bond acceptors (Lipinski definition) is 4. The van der Waals surface area contributed by atoms with Gasteiger partial charge in [0.25, 0.3) is 0 Å². The summed E-state index contributed by atoms with van der Waals surface area (Å²) in [4.78, 5) is 11.8. The van der Waals surface area contributed by atoms with E-state index >= 15 is 0 Å². The van der Waals surface area contributed by atoms with Gasteiger partial charge in [0.05, 0.1) is 19.1 Å². The Morgan fingerprint density at radius 1 is 1.32 bits per heavy atom. The molecular formula is C16H27ClN2O3. The van der Waals surface area contributed by atoms with Crippen molar-refractivity contribution < 1.29 is 14.3 Å². The van der Waals surface area contributed by atoms with E-state index in [0.717, 1.165) is 11.3 Å². The smallest absolute Gasteiger partial charge is 0.222 e. The Hall–Kier alpha value is -1.30. The molecule has 0 aromatic heterocycles. The van der Waals surface area contributed by atoms with Gasteiger partial charge in [0.2, 0.25) is 5.91 Å². The van der Waals surface area contributed by atoms with E-state index < -0.39 is 0 Å². The van der Waals surface area contributed by atoms with Crippen molar-refractivity contribution in [3.05, 3.63) is 29.8 Å². The van der Waals surface area contributed by atoms with Crippen molar-refractivity contribution in [2.75, 3.05) is 20.3 Å². The van der Waals surface area contributed by atoms with Crippen LogP contribution in [-0.4, -0.2) is 32.3 Å². The molecule has 1 aromatic carbocycles. The van der Waals surface area contributed by atoms with Crippen molar-refractivity contribution in [2.45, 2.75) is 32.9 Å². The maximum atomic E-state index is 11.8. The highest BCUT2D eigenvalue weighted by atomic mass is 35.5. The van der Waals surface area contributed by atoms with E-state index in [1.807, 2.05) is 24.3 Å². The van der Waals surface area contributed by atoms with Gasteiger partial charge in [-0.15, -0.1) is 12.4 Å². The van der Waals surface area contributed by atoms with Crippen LogP contribution in [0.5, 0.6) is 5.75 Å². The summed E-state index contributed by atoms with van der Waals surface area (Å²) in [6, 6.07) is 7.73. The molecule has 0 saturated carbocycles. The van der Waals surface area contributed by atoms with Gasteiger partial charge in [0.15, 0.2) is 0 Å². The number of methoxy groups -OCH3 is 1. The van der Waals surface area contributed by atoms with E-state index in [0.29, 0.717) is 25.6 Å². The molecule has 1 amide bonds. The Balaban J connectivity index is 0.00000441. The van der Waals surface area contributed by atoms with E-state index in [1.165, 1.54) is 0 Å². The summed E-state index contributed by atoms with van der Waals surface area (Å²) in [5.74, 6) is 1.19. The minimum atomic E-state index is -0.238. The van der Waals surface area contributed by atoms with Crippen LogP contribution in [0.25, 0.3) is 0 Å². The lowest BCUT2D eigenvalue weighted by Crippen LogP contribution is -2.32. The average molecular weight is 331 g/mol. The molecule has 0 radical (unpaired) electrons. The number of hydrogen-bond donors (Lipinski definition) is 2. The first-order valence-electron chi connectivity index (χ1n) is 7.27. The maximum absolute atomic E-state index is 11.8. The fourth-order valence-corrected chi connectivity index (χ4v) is 1.78. The van der Waals surface area contributed by atoms with Crippen molar-refractivity contribution in [2.24, 2.45) is 11.7 Å². The van der Waals surface area contributed by atoms with Crippen LogP contribution in [0.4, 0.5) is 0 Å². The molecular weight excluding hydrogens is 304 g/mol. The molecule has 6 heteroatoms. The van der Waals surface area contributed by atoms with E-state index in [1.54, 1.807) is 7.11 Å². The van der Waals surface area contributed by atoms with Gasteiger partial charge in [-0.3, -0.25) is 4.79 Å². The van der Waals surface area contributed by atoms with Gasteiger partial charge >= 0.3 is 0 Å². The summed E-state index contributed by atoms with van der Waals surface area (Å²) in [7, 11) is 1.56. The summed E-state index contributed by atoms with van der Waals surface area (Å²) < 4.78 is 10.9. The SMILES string of the molecule is COC(CN)CC(=O)NCc1ccccc1OCC(C)C.Cl. The lowest BCUT2D eigenvalue weighted by Gasteiger charge is -2.15. The van der Waals surface area contributed by atoms with Crippen molar-refractivity contribution in [1.82, 2.24) is 5.32 Å². The average Bonchev–Trinajstić information content (AvgIpc) is 2.49. The van der Waals surface area contributed by atoms with E-state index in [4.69, 9.17) is 15.2 Å². The lowest BCUT2D eigenvalue weighted by atomic mass is 10.2. The Morgan fingerprint density at radius 3 is 2.59 bits per heavy atom. The fourth-order valence-electron chi connectivity index (χ4n) is 1.78. The summed E-state index contributed by atoms with van der Waals surface area (Å²) in [5.41, 5.74) is 6.47. The number of carbonyl (C=O) groups excluding carboxylic acids is 1. The number of rotatable bonds is 9. The summed E-state index contributed by atoms with van der Waals surface area (Å²) in [5, 5.41) is 2.87. The molecule has 1 unspecified atom stereocenters. The zero-order valence-corrected chi connectivity index (χ0v) is 14.3. The molecule has 0 aliphatic heterocycles. The zero-order chi connectivity index (χ0) is 15.7. The molecule has 22 heavy (non-hydrogen) atoms. The summed E-state index contributed by atoms with van der Waals surface area (Å²) in [6.45, 7) is 5.63. The normalized spacial score (nSPS) is 11.7. The van der Waals surface area contributed by atoms with Gasteiger partial charge in [0, 0.05) is 25.8 Å². The van der Waals surface area contributed by atoms with Crippen LogP contribution in [0.15, 0.2) is 24.3 Å². The van der Waals surface area contributed by atoms with E-state index in [9.17, 15) is 4.79 Å². The second-order valence-corrected chi connectivity index (χ2v) is 5.39. The first-order chi connectivity index (χ1) is 10.1. The Labute approximate surface area is 139 Å². The van der Waals surface area contributed by atoms with Crippen LogP contribution in [0, 0.1) is 5.92 Å². The maximum Gasteiger partial charge on any atom is 0.222 e. The predicted octanol–water partition coefficient (Wildman–Crippen LogP) is 2.12. The predicted molar refractivity (Wildman–Crippen MR) is 90.3 cm³/mol. The summed E-state index contributed by atoms with van der Waals surface area (Å²) >= 11 is 0. The van der Waals surface area contributed by atoms with Crippen LogP contribution >= 0.6 is 12.4 Å². The highest BCUT2D eigenvalue weighted by molar-refractivity contribution is 5.85. The van der Waals surface area contributed by atoms with Crippen LogP contribution in [0.2, 0.25) is 0 Å². The third-order valence-electron chi connectivity index (χ3n) is 3.03. The third kappa shape index (κ3) is 7.64. The molecule has 3 N–H and O–H groups in total. The molecule has 0 spiro atoms. The number of ether oxygens (including phenoxy) is 2. The Morgan fingerprint density at radius 2 is 2.00 bits per heavy atom. The van der Waals surface area contributed by atoms with Gasteiger partial charge in [-0.25, -0.2) is 0 Å². The van der Waals surface area contributed by atoms with Gasteiger partial charge in [-0.05, 0) is 12.0 Å². The molecule has 0 fully saturated rings. The minimum absolute atomic E-state index is 0. The molecule has 0 aliphatic carbocycles. The molecule has 0 heterocycles. The van der Waals surface area contributed by atoms with Crippen molar-refractivity contribution >= 4 is 18.3 Å². The number of nitrogens with one attached hydrogen (secondary N) is 1. The Kier molecular flexibility index (Phi) is 10.6. The topological polar surface area (TPSA) is 73.6 Å². The molecule has 1 atom stereocenters. The van der Waals surface area contributed by atoms with Gasteiger partial charge in [0.1, 0.15) is 5.75 Å². The van der Waals surface area contributed by atoms with Crippen LogP contribution in [0.1, 0.15) is 25.8 Å². The standard InChI is InChI=1S/C16H26N2O3.ClH/c1-12(2)11-21-15-7-5-4-6-13(15)10-18-16(19)8-14(9-17)20-3;/h4-7,12,14H,8-11,17H2,1-3H3,(H,18,19);1H. The second-order valence-electron chi connectivity index (χ2n) is 5.39. The molecule has 0 bridgehead atoms. The summed E-state index contributed by atoms with van der Waals surface area (Å²) in [6.07, 6.45) is 0.0274. The number of halogens is 1. The molecule has 0 aliphatic rings. The molecule has 5 nitrogen and oxygen atoms in total. The van der Waals surface area contributed by atoms with E-state index in [2.05, 4.69) is 19.2 Å². The molecule has 1 aromatic rings. The molecule has 0 saturated heterocycles. The van der Waals surface area contributed by atoms with Crippen molar-refractivity contribution in [3.8, 4) is 5.75 Å². The largest absolute Gasteiger partial charge is 0.493 e. The van der Waals surface area contributed by atoms with Crippen molar-refractivity contribution in [3.63, 3.8) is 0 Å². The second kappa shape index (κ2) is 11.3. The monoisotopic (exact) mass is 330 g/mol. The third-order valence-corrected chi connectivity index (χ3v) is 3.03. The number of nitrogens with two attached hydrogens (primary N) is 1. The van der Waals surface area contributed by atoms with Gasteiger partial charge in [-0.2, -0.15) is 0 Å². The minimum Gasteiger partial charge on any atom is -0.493 e. The van der Waals surface area contributed by atoms with Gasteiger partial charge < -0.3 is 20.5 Å². The lowest BCUT2D eigenvalue weighted by molar-refractivity contribution is -0.123. The quantitative estimate of drug-likeness (QED) is 0.727. The number of para-hydroxylation sites is 1. The van der Waals surface area contributed by atoms with Crippen molar-refractivity contribution in [1.29, 1.82) is 0 Å². The number of benzene rings is 1. The first-order valence-corrected chi connectivity index (χ1v) is 7.27. The first kappa shape index (κ1) is 20.7. The van der Waals surface area contributed by atoms with Crippen LogP contribution in [-0.2, 0) is 16.1 Å². The fraction of sp³-hybridized carbons (Fsp3) is 0.562. The van der Waals surface area contributed by atoms with Gasteiger partial charge in [-0.1, -0.05) is 32.0 Å². The molecule has 126 valence electrons.